The number of hydrogen-bond donors (Lipinski definition) is 0. The fourth-order valence-corrected chi connectivity index (χ4v) is 1.44. The molecule has 7 nitrogen and oxygen atoms in total. The maximum Gasteiger partial charge on any atom is 0.307 e. The lowest BCUT2D eigenvalue weighted by Crippen LogP contribution is -2.10. The first-order valence-electron chi connectivity index (χ1n) is 4.88. The average Bonchev–Trinajstić information content (AvgIpc) is 2.86. The molecule has 0 aliphatic heterocycles. The Kier molecular flexibility index (Phi) is 2.73. The smallest absolute Gasteiger partial charge is 0.307 e. The molecule has 2 heterocycles. The highest BCUT2D eigenvalue weighted by atomic mass is 16.6. The zero-order valence-corrected chi connectivity index (χ0v) is 9.11. The van der Waals surface area contributed by atoms with Gasteiger partial charge in [0.25, 0.3) is 0 Å². The van der Waals surface area contributed by atoms with Gasteiger partial charge in [-0.3, -0.25) is 19.6 Å². The molecule has 88 valence electrons. The Morgan fingerprint density at radius 2 is 2.29 bits per heavy atom. The lowest BCUT2D eigenvalue weighted by atomic mass is 10.2. The van der Waals surface area contributed by atoms with Crippen LogP contribution in [-0.2, 0) is 13.6 Å². The summed E-state index contributed by atoms with van der Waals surface area (Å²) in [6.07, 6.45) is 5.82. The Bertz CT molecular complexity index is 570. The van der Waals surface area contributed by atoms with E-state index in [1.807, 2.05) is 7.05 Å². The number of aryl methyl sites for hydroxylation is 1. The van der Waals surface area contributed by atoms with E-state index in [0.29, 0.717) is 5.56 Å². The van der Waals surface area contributed by atoms with E-state index in [2.05, 4.69) is 5.10 Å². The lowest BCUT2D eigenvalue weighted by molar-refractivity contribution is -0.385. The summed E-state index contributed by atoms with van der Waals surface area (Å²) in [5, 5.41) is 14.2. The topological polar surface area (TPSA) is 83.0 Å². The van der Waals surface area contributed by atoms with Gasteiger partial charge in [-0.25, -0.2) is 0 Å². The summed E-state index contributed by atoms with van der Waals surface area (Å²) in [6, 6.07) is 1.69. The van der Waals surface area contributed by atoms with Crippen LogP contribution in [0.3, 0.4) is 0 Å². The second-order valence-corrected chi connectivity index (χ2v) is 3.64. The predicted molar refractivity (Wildman–Crippen MR) is 58.6 cm³/mol. The summed E-state index contributed by atoms with van der Waals surface area (Å²) in [4.78, 5) is 21.7. The van der Waals surface area contributed by atoms with Gasteiger partial charge >= 0.3 is 5.69 Å². The van der Waals surface area contributed by atoms with Crippen LogP contribution in [0.2, 0.25) is 0 Å². The van der Waals surface area contributed by atoms with Gasteiger partial charge in [-0.2, -0.15) is 5.10 Å². The molecule has 17 heavy (non-hydrogen) atoms. The molecule has 0 amide bonds. The maximum absolute atomic E-state index is 11.8. The van der Waals surface area contributed by atoms with Crippen LogP contribution in [0.15, 0.2) is 30.9 Å². The number of hydrogen-bond acceptors (Lipinski definition) is 4. The van der Waals surface area contributed by atoms with E-state index >= 15 is 0 Å². The van der Waals surface area contributed by atoms with Crippen molar-refractivity contribution in [2.45, 2.75) is 6.54 Å². The van der Waals surface area contributed by atoms with Gasteiger partial charge in [0.15, 0.2) is 5.78 Å². The van der Waals surface area contributed by atoms with E-state index < -0.39 is 4.92 Å². The SMILES string of the molecule is Cn1ccc(C(=O)Cn2cc([N+](=O)[O-])cn2)c1. The third kappa shape index (κ3) is 2.39. The van der Waals surface area contributed by atoms with Crippen molar-refractivity contribution >= 4 is 11.5 Å². The van der Waals surface area contributed by atoms with E-state index in [1.54, 1.807) is 23.0 Å². The van der Waals surface area contributed by atoms with Gasteiger partial charge in [-0.05, 0) is 6.07 Å². The van der Waals surface area contributed by atoms with Gasteiger partial charge in [0.2, 0.25) is 0 Å². The molecule has 0 spiro atoms. The van der Waals surface area contributed by atoms with Crippen LogP contribution in [-0.4, -0.2) is 25.1 Å². The van der Waals surface area contributed by atoms with Crippen molar-refractivity contribution in [2.75, 3.05) is 0 Å². The maximum atomic E-state index is 11.8. The van der Waals surface area contributed by atoms with Crippen molar-refractivity contribution in [3.05, 3.63) is 46.5 Å². The van der Waals surface area contributed by atoms with Crippen LogP contribution >= 0.6 is 0 Å². The fraction of sp³-hybridized carbons (Fsp3) is 0.200. The second-order valence-electron chi connectivity index (χ2n) is 3.64. The van der Waals surface area contributed by atoms with Gasteiger partial charge in [0.05, 0.1) is 4.92 Å². The highest BCUT2D eigenvalue weighted by Gasteiger charge is 2.12. The van der Waals surface area contributed by atoms with Crippen LogP contribution < -0.4 is 0 Å². The third-order valence-electron chi connectivity index (χ3n) is 2.29. The first-order chi connectivity index (χ1) is 8.06. The number of Topliss-reactive ketones (excluding diaryl/α,β-unsaturated/α-hetero) is 1. The second kappa shape index (κ2) is 4.20. The van der Waals surface area contributed by atoms with E-state index in [4.69, 9.17) is 0 Å². The number of carbonyl (C=O) groups excluding carboxylic acids is 1. The van der Waals surface area contributed by atoms with Crippen LogP contribution in [0.1, 0.15) is 10.4 Å². The molecule has 0 N–H and O–H groups in total. The van der Waals surface area contributed by atoms with Crippen molar-refractivity contribution in [1.29, 1.82) is 0 Å². The average molecular weight is 234 g/mol. The van der Waals surface area contributed by atoms with Crippen LogP contribution in [0.5, 0.6) is 0 Å². The monoisotopic (exact) mass is 234 g/mol. The Morgan fingerprint density at radius 3 is 2.82 bits per heavy atom. The molecule has 2 aromatic rings. The zero-order chi connectivity index (χ0) is 12.4. The quantitative estimate of drug-likeness (QED) is 0.449. The van der Waals surface area contributed by atoms with Crippen molar-refractivity contribution in [3.63, 3.8) is 0 Å². The number of carbonyl (C=O) groups is 1. The molecule has 0 fully saturated rings. The molecule has 2 aromatic heterocycles. The Labute approximate surface area is 96.4 Å². The van der Waals surface area contributed by atoms with Crippen molar-refractivity contribution < 1.29 is 9.72 Å². The molecule has 0 saturated heterocycles. The number of rotatable bonds is 4. The van der Waals surface area contributed by atoms with Gasteiger partial charge in [-0.1, -0.05) is 0 Å². The zero-order valence-electron chi connectivity index (χ0n) is 9.11. The van der Waals surface area contributed by atoms with E-state index in [1.165, 1.54) is 10.9 Å². The van der Waals surface area contributed by atoms with Gasteiger partial charge in [-0.15, -0.1) is 0 Å². The van der Waals surface area contributed by atoms with E-state index in [0.717, 1.165) is 6.20 Å². The Balaban J connectivity index is 2.10. The standard InChI is InChI=1S/C10H10N4O3/c1-12-3-2-8(5-12)10(15)7-13-6-9(4-11-13)14(16)17/h2-6H,7H2,1H3. The van der Waals surface area contributed by atoms with Crippen LogP contribution in [0.25, 0.3) is 0 Å². The molecule has 0 saturated carbocycles. The summed E-state index contributed by atoms with van der Waals surface area (Å²) >= 11 is 0. The third-order valence-corrected chi connectivity index (χ3v) is 2.29. The molecule has 0 unspecified atom stereocenters. The summed E-state index contributed by atoms with van der Waals surface area (Å²) < 4.78 is 3.02. The normalized spacial score (nSPS) is 10.4. The highest BCUT2D eigenvalue weighted by molar-refractivity contribution is 5.95. The van der Waals surface area contributed by atoms with Crippen molar-refractivity contribution in [3.8, 4) is 0 Å². The van der Waals surface area contributed by atoms with E-state index in [-0.39, 0.29) is 18.0 Å². The van der Waals surface area contributed by atoms with Crippen molar-refractivity contribution in [1.82, 2.24) is 14.3 Å². The van der Waals surface area contributed by atoms with Crippen molar-refractivity contribution in [2.24, 2.45) is 7.05 Å². The minimum Gasteiger partial charge on any atom is -0.357 e. The minimum atomic E-state index is -0.545. The number of nitro groups is 1. The molecule has 0 aromatic carbocycles. The Hall–Kier alpha value is -2.44. The lowest BCUT2D eigenvalue weighted by Gasteiger charge is -1.97. The van der Waals surface area contributed by atoms with Crippen LogP contribution in [0, 0.1) is 10.1 Å². The molecule has 0 atom stereocenters. The molecule has 0 bridgehead atoms. The predicted octanol–water partition coefficient (Wildman–Crippen LogP) is 1.01. The summed E-state index contributed by atoms with van der Waals surface area (Å²) in [5.41, 5.74) is 0.441. The number of nitrogens with zero attached hydrogens (tertiary/aromatic N) is 4. The minimum absolute atomic E-state index is 0.00213. The number of aromatic nitrogens is 3. The van der Waals surface area contributed by atoms with Crippen LogP contribution in [0.4, 0.5) is 5.69 Å². The molecule has 0 aliphatic carbocycles. The summed E-state index contributed by atoms with van der Waals surface area (Å²) in [7, 11) is 1.82. The molecular formula is C10H10N4O3. The summed E-state index contributed by atoms with van der Waals surface area (Å²) in [6.45, 7) is -0.00213. The molecule has 7 heteroatoms. The van der Waals surface area contributed by atoms with Gasteiger partial charge < -0.3 is 4.57 Å². The highest BCUT2D eigenvalue weighted by Crippen LogP contribution is 2.09. The summed E-state index contributed by atoms with van der Waals surface area (Å²) in [5.74, 6) is -0.136. The number of ketones is 1. The van der Waals surface area contributed by atoms with Gasteiger partial charge in [0.1, 0.15) is 18.9 Å². The largest absolute Gasteiger partial charge is 0.357 e. The molecule has 0 radical (unpaired) electrons. The van der Waals surface area contributed by atoms with Gasteiger partial charge in [0, 0.05) is 25.0 Å². The molecule has 0 aliphatic rings. The molecular weight excluding hydrogens is 224 g/mol. The molecule has 2 rings (SSSR count). The van der Waals surface area contributed by atoms with E-state index in [9.17, 15) is 14.9 Å². The first-order valence-corrected chi connectivity index (χ1v) is 4.88. The fourth-order valence-electron chi connectivity index (χ4n) is 1.44. The Morgan fingerprint density at radius 1 is 1.53 bits per heavy atom. The first kappa shape index (κ1) is 11.1.